The number of hydrogen-bond acceptors (Lipinski definition) is 2. The van der Waals surface area contributed by atoms with E-state index in [0.29, 0.717) is 12.3 Å². The zero-order valence-electron chi connectivity index (χ0n) is 8.23. The summed E-state index contributed by atoms with van der Waals surface area (Å²) >= 11 is 0. The van der Waals surface area contributed by atoms with E-state index in [0.717, 1.165) is 6.61 Å². The highest BCUT2D eigenvalue weighted by atomic mass is 16.5. The maximum absolute atomic E-state index is 5.77. The van der Waals surface area contributed by atoms with E-state index in [1.165, 1.54) is 24.9 Å². The molecule has 1 aromatic carbocycles. The lowest BCUT2D eigenvalue weighted by Crippen LogP contribution is -2.26. The van der Waals surface area contributed by atoms with Gasteiger partial charge in [-0.25, -0.2) is 0 Å². The molecule has 0 radical (unpaired) electrons. The molecule has 2 saturated heterocycles. The van der Waals surface area contributed by atoms with Gasteiger partial charge in [0, 0.05) is 6.54 Å². The molecule has 14 heavy (non-hydrogen) atoms. The molecule has 0 amide bonds. The van der Waals surface area contributed by atoms with Crippen LogP contribution in [0.5, 0.6) is 0 Å². The molecule has 0 aliphatic carbocycles. The highest BCUT2D eigenvalue weighted by molar-refractivity contribution is 5.20. The third-order valence-electron chi connectivity index (χ3n) is 3.27. The van der Waals surface area contributed by atoms with E-state index in [1.807, 2.05) is 0 Å². The van der Waals surface area contributed by atoms with Crippen molar-refractivity contribution >= 4 is 0 Å². The topological polar surface area (TPSA) is 12.5 Å². The Kier molecular flexibility index (Phi) is 2.03. The molecule has 0 spiro atoms. The van der Waals surface area contributed by atoms with Crippen molar-refractivity contribution in [3.05, 3.63) is 35.9 Å². The fourth-order valence-electron chi connectivity index (χ4n) is 2.55. The standard InChI is InChI=1S/C12H15NO/c1-2-5-10(6-3-1)11-9-14-12-7-4-8-13(11)12/h1-3,5-6,11-12H,4,7-9H2/t11-,12-/m1/s1. The zero-order valence-corrected chi connectivity index (χ0v) is 8.23. The summed E-state index contributed by atoms with van der Waals surface area (Å²) in [6.07, 6.45) is 2.90. The first-order valence-corrected chi connectivity index (χ1v) is 5.37. The minimum Gasteiger partial charge on any atom is -0.361 e. The summed E-state index contributed by atoms with van der Waals surface area (Å²) in [6, 6.07) is 11.2. The van der Waals surface area contributed by atoms with Gasteiger partial charge in [0.15, 0.2) is 0 Å². The van der Waals surface area contributed by atoms with Gasteiger partial charge in [0.25, 0.3) is 0 Å². The number of ether oxygens (including phenoxy) is 1. The van der Waals surface area contributed by atoms with Crippen LogP contribution in [-0.4, -0.2) is 24.3 Å². The molecule has 0 saturated carbocycles. The summed E-state index contributed by atoms with van der Waals surface area (Å²) in [7, 11) is 0. The summed E-state index contributed by atoms with van der Waals surface area (Å²) in [5.41, 5.74) is 1.40. The van der Waals surface area contributed by atoms with Crippen LogP contribution in [-0.2, 0) is 4.74 Å². The van der Waals surface area contributed by atoms with E-state index in [1.54, 1.807) is 0 Å². The highest BCUT2D eigenvalue weighted by Crippen LogP contribution is 2.35. The lowest BCUT2D eigenvalue weighted by atomic mass is 10.1. The summed E-state index contributed by atoms with van der Waals surface area (Å²) < 4.78 is 5.77. The lowest BCUT2D eigenvalue weighted by Gasteiger charge is -2.21. The van der Waals surface area contributed by atoms with Gasteiger partial charge in [0.05, 0.1) is 12.6 Å². The summed E-state index contributed by atoms with van der Waals surface area (Å²) in [4.78, 5) is 2.50. The molecule has 2 heterocycles. The van der Waals surface area contributed by atoms with E-state index >= 15 is 0 Å². The molecule has 0 bridgehead atoms. The Morgan fingerprint density at radius 2 is 2.07 bits per heavy atom. The fraction of sp³-hybridized carbons (Fsp3) is 0.500. The maximum Gasteiger partial charge on any atom is 0.111 e. The van der Waals surface area contributed by atoms with Gasteiger partial charge in [0.1, 0.15) is 6.23 Å². The molecule has 3 rings (SSSR count). The SMILES string of the molecule is c1ccc([C@H]2CO[C@@H]3CCCN23)cc1. The number of nitrogens with zero attached hydrogens (tertiary/aromatic N) is 1. The smallest absolute Gasteiger partial charge is 0.111 e. The largest absolute Gasteiger partial charge is 0.361 e. The van der Waals surface area contributed by atoms with Crippen LogP contribution in [0.2, 0.25) is 0 Å². The predicted molar refractivity (Wildman–Crippen MR) is 54.9 cm³/mol. The average molecular weight is 189 g/mol. The summed E-state index contributed by atoms with van der Waals surface area (Å²) in [5, 5.41) is 0. The van der Waals surface area contributed by atoms with Crippen molar-refractivity contribution < 1.29 is 4.74 Å². The van der Waals surface area contributed by atoms with Crippen molar-refractivity contribution in [2.75, 3.05) is 13.2 Å². The second-order valence-corrected chi connectivity index (χ2v) is 4.09. The van der Waals surface area contributed by atoms with Gasteiger partial charge in [-0.2, -0.15) is 0 Å². The number of fused-ring (bicyclic) bond motifs is 1. The van der Waals surface area contributed by atoms with Gasteiger partial charge in [-0.05, 0) is 18.4 Å². The molecule has 74 valence electrons. The molecule has 2 aliphatic heterocycles. The molecular weight excluding hydrogens is 174 g/mol. The summed E-state index contributed by atoms with van der Waals surface area (Å²) in [6.45, 7) is 2.07. The summed E-state index contributed by atoms with van der Waals surface area (Å²) in [5.74, 6) is 0. The second kappa shape index (κ2) is 3.37. The van der Waals surface area contributed by atoms with Crippen molar-refractivity contribution in [1.82, 2.24) is 4.90 Å². The van der Waals surface area contributed by atoms with Crippen LogP contribution in [0.15, 0.2) is 30.3 Å². The average Bonchev–Trinajstić information content (AvgIpc) is 2.79. The third kappa shape index (κ3) is 1.26. The minimum atomic E-state index is 0.403. The van der Waals surface area contributed by atoms with Gasteiger partial charge in [-0.1, -0.05) is 30.3 Å². The molecule has 2 fully saturated rings. The maximum atomic E-state index is 5.77. The number of hydrogen-bond donors (Lipinski definition) is 0. The first kappa shape index (κ1) is 8.45. The van der Waals surface area contributed by atoms with Crippen LogP contribution >= 0.6 is 0 Å². The van der Waals surface area contributed by atoms with Crippen molar-refractivity contribution in [2.45, 2.75) is 25.1 Å². The first-order chi connectivity index (χ1) is 6.95. The van der Waals surface area contributed by atoms with Crippen LogP contribution in [0.4, 0.5) is 0 Å². The molecular formula is C12H15NO. The molecule has 0 aromatic heterocycles. The van der Waals surface area contributed by atoms with E-state index in [4.69, 9.17) is 4.74 Å². The quantitative estimate of drug-likeness (QED) is 0.671. The van der Waals surface area contributed by atoms with Crippen molar-refractivity contribution in [2.24, 2.45) is 0 Å². The molecule has 2 heteroatoms. The van der Waals surface area contributed by atoms with Gasteiger partial charge < -0.3 is 4.74 Å². The first-order valence-electron chi connectivity index (χ1n) is 5.37. The van der Waals surface area contributed by atoms with Crippen molar-refractivity contribution in [3.8, 4) is 0 Å². The molecule has 0 unspecified atom stereocenters. The third-order valence-corrected chi connectivity index (χ3v) is 3.27. The number of rotatable bonds is 1. The van der Waals surface area contributed by atoms with Gasteiger partial charge >= 0.3 is 0 Å². The molecule has 2 aliphatic rings. The Balaban J connectivity index is 1.86. The Morgan fingerprint density at radius 3 is 2.93 bits per heavy atom. The van der Waals surface area contributed by atoms with Gasteiger partial charge in [0.2, 0.25) is 0 Å². The van der Waals surface area contributed by atoms with Gasteiger partial charge in [-0.3, -0.25) is 4.90 Å². The fourth-order valence-corrected chi connectivity index (χ4v) is 2.55. The highest BCUT2D eigenvalue weighted by Gasteiger charge is 2.37. The second-order valence-electron chi connectivity index (χ2n) is 4.09. The Hall–Kier alpha value is -0.860. The van der Waals surface area contributed by atoms with Crippen molar-refractivity contribution in [1.29, 1.82) is 0 Å². The van der Waals surface area contributed by atoms with E-state index in [2.05, 4.69) is 35.2 Å². The van der Waals surface area contributed by atoms with Gasteiger partial charge in [-0.15, -0.1) is 0 Å². The lowest BCUT2D eigenvalue weighted by molar-refractivity contribution is 0.0589. The Bertz CT molecular complexity index is 311. The van der Waals surface area contributed by atoms with E-state index in [9.17, 15) is 0 Å². The van der Waals surface area contributed by atoms with E-state index in [-0.39, 0.29) is 0 Å². The van der Waals surface area contributed by atoms with Crippen LogP contribution < -0.4 is 0 Å². The Morgan fingerprint density at radius 1 is 1.21 bits per heavy atom. The van der Waals surface area contributed by atoms with Crippen LogP contribution in [0, 0.1) is 0 Å². The molecule has 1 aromatic rings. The minimum absolute atomic E-state index is 0.403. The molecule has 0 N–H and O–H groups in total. The van der Waals surface area contributed by atoms with Crippen molar-refractivity contribution in [3.63, 3.8) is 0 Å². The van der Waals surface area contributed by atoms with E-state index < -0.39 is 0 Å². The zero-order chi connectivity index (χ0) is 9.38. The van der Waals surface area contributed by atoms with Crippen LogP contribution in [0.25, 0.3) is 0 Å². The monoisotopic (exact) mass is 189 g/mol. The Labute approximate surface area is 84.5 Å². The predicted octanol–water partition coefficient (Wildman–Crippen LogP) is 2.18. The number of benzene rings is 1. The normalized spacial score (nSPS) is 32.0. The van der Waals surface area contributed by atoms with Crippen LogP contribution in [0.3, 0.4) is 0 Å². The molecule has 2 nitrogen and oxygen atoms in total. The molecule has 2 atom stereocenters. The van der Waals surface area contributed by atoms with Crippen LogP contribution in [0.1, 0.15) is 24.4 Å².